The van der Waals surface area contributed by atoms with Crippen molar-refractivity contribution in [1.29, 1.82) is 0 Å². The zero-order chi connectivity index (χ0) is 14.1. The Morgan fingerprint density at radius 1 is 1.32 bits per heavy atom. The van der Waals surface area contributed by atoms with Gasteiger partial charge in [-0.25, -0.2) is 0 Å². The molecule has 0 heterocycles. The van der Waals surface area contributed by atoms with Crippen molar-refractivity contribution >= 4 is 6.21 Å². The Morgan fingerprint density at radius 2 is 2.00 bits per heavy atom. The number of benzene rings is 1. The van der Waals surface area contributed by atoms with E-state index < -0.39 is 6.10 Å². The second-order valence-corrected chi connectivity index (χ2v) is 4.51. The fourth-order valence-corrected chi connectivity index (χ4v) is 1.36. The summed E-state index contributed by atoms with van der Waals surface area (Å²) >= 11 is 0. The SMILES string of the molecule is COc1ccc(CO/N=C/C(O)CNC(C)C)cc1. The van der Waals surface area contributed by atoms with Crippen LogP contribution in [0.5, 0.6) is 5.75 Å². The van der Waals surface area contributed by atoms with Crippen LogP contribution in [-0.2, 0) is 11.4 Å². The van der Waals surface area contributed by atoms with Crippen LogP contribution in [0.15, 0.2) is 29.4 Å². The third-order valence-corrected chi connectivity index (χ3v) is 2.43. The van der Waals surface area contributed by atoms with Crippen LogP contribution in [0.4, 0.5) is 0 Å². The molecule has 5 nitrogen and oxygen atoms in total. The third-order valence-electron chi connectivity index (χ3n) is 2.43. The Bertz CT molecular complexity index is 377. The summed E-state index contributed by atoms with van der Waals surface area (Å²) < 4.78 is 5.06. The predicted molar refractivity (Wildman–Crippen MR) is 75.4 cm³/mol. The monoisotopic (exact) mass is 266 g/mol. The lowest BCUT2D eigenvalue weighted by molar-refractivity contribution is 0.126. The molecule has 106 valence electrons. The number of methoxy groups -OCH3 is 1. The Morgan fingerprint density at radius 3 is 2.58 bits per heavy atom. The maximum Gasteiger partial charge on any atom is 0.142 e. The van der Waals surface area contributed by atoms with Gasteiger partial charge in [0.25, 0.3) is 0 Å². The Kier molecular flexibility index (Phi) is 6.92. The quantitative estimate of drug-likeness (QED) is 0.553. The first kappa shape index (κ1) is 15.5. The number of aliphatic hydroxyl groups excluding tert-OH is 1. The van der Waals surface area contributed by atoms with Crippen molar-refractivity contribution in [2.24, 2.45) is 5.16 Å². The minimum absolute atomic E-state index is 0.336. The van der Waals surface area contributed by atoms with Crippen molar-refractivity contribution < 1.29 is 14.7 Å². The highest BCUT2D eigenvalue weighted by atomic mass is 16.6. The van der Waals surface area contributed by atoms with Gasteiger partial charge in [-0.1, -0.05) is 31.1 Å². The van der Waals surface area contributed by atoms with Crippen LogP contribution in [0, 0.1) is 0 Å². The van der Waals surface area contributed by atoms with Gasteiger partial charge in [-0.15, -0.1) is 0 Å². The maximum atomic E-state index is 9.56. The van der Waals surface area contributed by atoms with Gasteiger partial charge in [-0.2, -0.15) is 0 Å². The first-order chi connectivity index (χ1) is 9.11. The van der Waals surface area contributed by atoms with Crippen LogP contribution in [0.25, 0.3) is 0 Å². The van der Waals surface area contributed by atoms with Crippen molar-refractivity contribution in [3.63, 3.8) is 0 Å². The normalized spacial score (nSPS) is 12.9. The fourth-order valence-electron chi connectivity index (χ4n) is 1.36. The number of nitrogens with one attached hydrogen (secondary N) is 1. The van der Waals surface area contributed by atoms with Crippen molar-refractivity contribution in [2.75, 3.05) is 13.7 Å². The van der Waals surface area contributed by atoms with Gasteiger partial charge in [-0.3, -0.25) is 0 Å². The van der Waals surface area contributed by atoms with Crippen molar-refractivity contribution in [3.8, 4) is 5.75 Å². The van der Waals surface area contributed by atoms with E-state index in [0.717, 1.165) is 11.3 Å². The number of hydrogen-bond acceptors (Lipinski definition) is 5. The topological polar surface area (TPSA) is 63.1 Å². The lowest BCUT2D eigenvalue weighted by atomic mass is 10.2. The molecule has 0 radical (unpaired) electrons. The summed E-state index contributed by atoms with van der Waals surface area (Å²) in [5.41, 5.74) is 0.993. The summed E-state index contributed by atoms with van der Waals surface area (Å²) in [7, 11) is 1.63. The van der Waals surface area contributed by atoms with Crippen LogP contribution in [0.3, 0.4) is 0 Å². The molecule has 1 aromatic rings. The van der Waals surface area contributed by atoms with Gasteiger partial charge in [0.05, 0.1) is 13.3 Å². The van der Waals surface area contributed by atoms with Crippen molar-refractivity contribution in [2.45, 2.75) is 32.6 Å². The predicted octanol–water partition coefficient (Wildman–Crippen LogP) is 1.56. The number of nitrogens with zero attached hydrogens (tertiary/aromatic N) is 1. The second-order valence-electron chi connectivity index (χ2n) is 4.51. The molecule has 0 saturated carbocycles. The van der Waals surface area contributed by atoms with E-state index in [1.165, 1.54) is 6.21 Å². The van der Waals surface area contributed by atoms with Gasteiger partial charge < -0.3 is 20.0 Å². The number of aliphatic hydroxyl groups is 1. The molecule has 0 aliphatic carbocycles. The molecular weight excluding hydrogens is 244 g/mol. The smallest absolute Gasteiger partial charge is 0.142 e. The van der Waals surface area contributed by atoms with Crippen LogP contribution in [-0.4, -0.2) is 37.1 Å². The van der Waals surface area contributed by atoms with Crippen LogP contribution < -0.4 is 10.1 Å². The standard InChI is InChI=1S/C14H22N2O3/c1-11(2)15-8-13(17)9-16-19-10-12-4-6-14(18-3)7-5-12/h4-7,9,11,13,15,17H,8,10H2,1-3H3/b16-9+. The highest BCUT2D eigenvalue weighted by molar-refractivity contribution is 5.62. The molecule has 19 heavy (non-hydrogen) atoms. The molecular formula is C14H22N2O3. The molecule has 0 aliphatic heterocycles. The number of ether oxygens (including phenoxy) is 1. The summed E-state index contributed by atoms with van der Waals surface area (Å²) in [4.78, 5) is 5.11. The van der Waals surface area contributed by atoms with Crippen LogP contribution >= 0.6 is 0 Å². The molecule has 5 heteroatoms. The van der Waals surface area contributed by atoms with E-state index in [1.807, 2.05) is 38.1 Å². The molecule has 0 aliphatic rings. The molecule has 0 fully saturated rings. The lowest BCUT2D eigenvalue weighted by Crippen LogP contribution is -2.32. The second kappa shape index (κ2) is 8.50. The van der Waals surface area contributed by atoms with Gasteiger partial charge >= 0.3 is 0 Å². The van der Waals surface area contributed by atoms with E-state index in [1.54, 1.807) is 7.11 Å². The molecule has 0 aromatic heterocycles. The fraction of sp³-hybridized carbons (Fsp3) is 0.500. The zero-order valence-corrected chi connectivity index (χ0v) is 11.7. The first-order valence-corrected chi connectivity index (χ1v) is 6.31. The van der Waals surface area contributed by atoms with Gasteiger partial charge in [0.2, 0.25) is 0 Å². The molecule has 1 aromatic carbocycles. The van der Waals surface area contributed by atoms with Crippen LogP contribution in [0.2, 0.25) is 0 Å². The maximum absolute atomic E-state index is 9.56. The van der Waals surface area contributed by atoms with Crippen molar-refractivity contribution in [3.05, 3.63) is 29.8 Å². The van der Waals surface area contributed by atoms with E-state index in [-0.39, 0.29) is 0 Å². The van der Waals surface area contributed by atoms with E-state index >= 15 is 0 Å². The molecule has 1 rings (SSSR count). The third kappa shape index (κ3) is 6.79. The minimum atomic E-state index is -0.640. The number of oxime groups is 1. The number of hydrogen-bond donors (Lipinski definition) is 2. The molecule has 0 saturated heterocycles. The van der Waals surface area contributed by atoms with E-state index in [2.05, 4.69) is 10.5 Å². The Labute approximate surface area is 114 Å². The summed E-state index contributed by atoms with van der Waals surface area (Å²) in [6.45, 7) is 4.87. The zero-order valence-electron chi connectivity index (χ0n) is 11.7. The van der Waals surface area contributed by atoms with Crippen molar-refractivity contribution in [1.82, 2.24) is 5.32 Å². The molecule has 2 N–H and O–H groups in total. The first-order valence-electron chi connectivity index (χ1n) is 6.31. The highest BCUT2D eigenvalue weighted by Crippen LogP contribution is 2.11. The summed E-state index contributed by atoms with van der Waals surface area (Å²) in [6, 6.07) is 7.88. The average molecular weight is 266 g/mol. The summed E-state index contributed by atoms with van der Waals surface area (Å²) in [5, 5.41) is 16.4. The molecule has 1 unspecified atom stereocenters. The van der Waals surface area contributed by atoms with E-state index in [4.69, 9.17) is 9.57 Å². The number of rotatable bonds is 8. The minimum Gasteiger partial charge on any atom is -0.497 e. The van der Waals surface area contributed by atoms with E-state index in [9.17, 15) is 5.11 Å². The van der Waals surface area contributed by atoms with Gasteiger partial charge in [-0.05, 0) is 17.7 Å². The summed E-state index contributed by atoms with van der Waals surface area (Å²) in [5.74, 6) is 0.808. The van der Waals surface area contributed by atoms with Gasteiger partial charge in [0.15, 0.2) is 0 Å². The molecule has 0 spiro atoms. The highest BCUT2D eigenvalue weighted by Gasteiger charge is 2.01. The largest absolute Gasteiger partial charge is 0.497 e. The Balaban J connectivity index is 2.24. The molecule has 0 bridgehead atoms. The average Bonchev–Trinajstić information content (AvgIpc) is 2.42. The molecule has 0 amide bonds. The lowest BCUT2D eigenvalue weighted by Gasteiger charge is -2.09. The van der Waals surface area contributed by atoms with Gasteiger partial charge in [0, 0.05) is 12.6 Å². The summed E-state index contributed by atoms with van der Waals surface area (Å²) in [6.07, 6.45) is 0.747. The van der Waals surface area contributed by atoms with Gasteiger partial charge in [0.1, 0.15) is 18.5 Å². The Hall–Kier alpha value is -1.59. The van der Waals surface area contributed by atoms with E-state index in [0.29, 0.717) is 19.2 Å². The van der Waals surface area contributed by atoms with Crippen LogP contribution in [0.1, 0.15) is 19.4 Å². The molecule has 1 atom stereocenters.